The molecule has 0 saturated carbocycles. The molecule has 1 heterocycles. The van der Waals surface area contributed by atoms with E-state index in [9.17, 15) is 9.90 Å². The van der Waals surface area contributed by atoms with Crippen molar-refractivity contribution >= 4 is 29.3 Å². The third kappa shape index (κ3) is 4.74. The number of nitrogens with zero attached hydrogens (tertiary/aromatic N) is 1. The molecule has 2 rings (SSSR count). The highest BCUT2D eigenvalue weighted by Crippen LogP contribution is 2.23. The predicted octanol–water partition coefficient (Wildman–Crippen LogP) is 2.88. The number of amides is 1. The van der Waals surface area contributed by atoms with E-state index in [1.807, 2.05) is 30.3 Å². The molecule has 0 radical (unpaired) electrons. The van der Waals surface area contributed by atoms with Crippen molar-refractivity contribution in [2.24, 2.45) is 0 Å². The third-order valence-electron chi connectivity index (χ3n) is 3.23. The van der Waals surface area contributed by atoms with Gasteiger partial charge >= 0.3 is 6.09 Å². The zero-order chi connectivity index (χ0) is 15.2. The Balaban J connectivity index is 1.88. The first-order valence-electron chi connectivity index (χ1n) is 6.63. The molecule has 0 aliphatic carbocycles. The van der Waals surface area contributed by atoms with Crippen LogP contribution in [-0.2, 0) is 16.1 Å². The van der Waals surface area contributed by atoms with Crippen molar-refractivity contribution in [3.05, 3.63) is 35.9 Å². The van der Waals surface area contributed by atoms with Gasteiger partial charge in [0.1, 0.15) is 18.2 Å². The van der Waals surface area contributed by atoms with Gasteiger partial charge in [-0.25, -0.2) is 4.79 Å². The summed E-state index contributed by atoms with van der Waals surface area (Å²) in [6, 6.07) is 8.87. The number of carbonyl (C=O) groups excluding carboxylic acids is 1. The van der Waals surface area contributed by atoms with Crippen molar-refractivity contribution < 1.29 is 19.4 Å². The number of aliphatic hydroxyl groups is 1. The lowest BCUT2D eigenvalue weighted by atomic mass is 10.1. The van der Waals surface area contributed by atoms with Crippen molar-refractivity contribution in [1.29, 1.82) is 0 Å². The first kappa shape index (κ1) is 16.4. The highest BCUT2D eigenvalue weighted by Gasteiger charge is 2.37. The number of hydrogen-bond donors (Lipinski definition) is 1. The van der Waals surface area contributed by atoms with Gasteiger partial charge in [0.15, 0.2) is 6.29 Å². The summed E-state index contributed by atoms with van der Waals surface area (Å²) in [7, 11) is 0. The fourth-order valence-electron chi connectivity index (χ4n) is 2.10. The third-order valence-corrected chi connectivity index (χ3v) is 3.67. The van der Waals surface area contributed by atoms with Crippen LogP contribution in [0.3, 0.4) is 0 Å². The molecule has 1 amide bonds. The largest absolute Gasteiger partial charge is 0.444 e. The van der Waals surface area contributed by atoms with Crippen LogP contribution in [0.4, 0.5) is 4.79 Å². The molecular weight excluding hydrogens is 317 g/mol. The Kier molecular flexibility index (Phi) is 6.11. The summed E-state index contributed by atoms with van der Waals surface area (Å²) in [6.07, 6.45) is -0.668. The number of benzene rings is 1. The Morgan fingerprint density at radius 1 is 1.43 bits per heavy atom. The van der Waals surface area contributed by atoms with E-state index in [-0.39, 0.29) is 13.3 Å². The smallest absolute Gasteiger partial charge is 0.412 e. The van der Waals surface area contributed by atoms with Gasteiger partial charge in [0.05, 0.1) is 6.04 Å². The normalized spacial score (nSPS) is 21.8. The molecule has 1 aliphatic rings. The molecule has 1 aromatic carbocycles. The predicted molar refractivity (Wildman–Crippen MR) is 78.9 cm³/mol. The lowest BCUT2D eigenvalue weighted by molar-refractivity contribution is -0.0682. The van der Waals surface area contributed by atoms with E-state index >= 15 is 0 Å². The van der Waals surface area contributed by atoms with Gasteiger partial charge in [-0.3, -0.25) is 4.90 Å². The van der Waals surface area contributed by atoms with Crippen molar-refractivity contribution in [2.45, 2.75) is 36.6 Å². The molecule has 1 unspecified atom stereocenters. The van der Waals surface area contributed by atoms with Crippen molar-refractivity contribution in [2.75, 3.05) is 6.73 Å². The monoisotopic (exact) mass is 333 g/mol. The summed E-state index contributed by atoms with van der Waals surface area (Å²) in [5.41, 5.74) is 0.893. The van der Waals surface area contributed by atoms with Crippen LogP contribution in [0, 0.1) is 0 Å². The molecule has 0 spiro atoms. The molecule has 21 heavy (non-hydrogen) atoms. The molecule has 5 nitrogen and oxygen atoms in total. The minimum absolute atomic E-state index is 0.00526. The standard InChI is InChI=1S/C14H17Cl2NO4/c15-12(16)7-6-11-13(18)21-9-17(11)14(19)20-8-10-4-2-1-3-5-10/h1-5,11-13,18H,6-9H2/t11-,13?/m0/s1. The van der Waals surface area contributed by atoms with Gasteiger partial charge in [-0.15, -0.1) is 23.2 Å². The Bertz CT molecular complexity index is 458. The molecule has 7 heteroatoms. The lowest BCUT2D eigenvalue weighted by Crippen LogP contribution is -2.40. The van der Waals surface area contributed by atoms with E-state index in [1.165, 1.54) is 4.90 Å². The Labute approximate surface area is 133 Å². The van der Waals surface area contributed by atoms with E-state index in [2.05, 4.69) is 0 Å². The van der Waals surface area contributed by atoms with Crippen molar-refractivity contribution in [1.82, 2.24) is 4.90 Å². The van der Waals surface area contributed by atoms with Gasteiger partial charge in [0.2, 0.25) is 0 Å². The SMILES string of the molecule is O=C(OCc1ccccc1)N1COC(O)[C@@H]1CCC(Cl)Cl. The zero-order valence-electron chi connectivity index (χ0n) is 11.3. The van der Waals surface area contributed by atoms with Gasteiger partial charge in [-0.2, -0.15) is 0 Å². The fraction of sp³-hybridized carbons (Fsp3) is 0.500. The van der Waals surface area contributed by atoms with Crippen molar-refractivity contribution in [3.8, 4) is 0 Å². The van der Waals surface area contributed by atoms with Gasteiger partial charge in [-0.1, -0.05) is 30.3 Å². The fourth-order valence-corrected chi connectivity index (χ4v) is 2.35. The quantitative estimate of drug-likeness (QED) is 0.841. The summed E-state index contributed by atoms with van der Waals surface area (Å²) >= 11 is 11.4. The number of rotatable bonds is 5. The van der Waals surface area contributed by atoms with Crippen LogP contribution >= 0.6 is 23.2 Å². The Morgan fingerprint density at radius 2 is 2.14 bits per heavy atom. The maximum atomic E-state index is 12.1. The van der Waals surface area contributed by atoms with Crippen LogP contribution in [0.1, 0.15) is 18.4 Å². The average molecular weight is 334 g/mol. The van der Waals surface area contributed by atoms with Crippen LogP contribution in [0.25, 0.3) is 0 Å². The number of hydrogen-bond acceptors (Lipinski definition) is 4. The molecule has 0 bridgehead atoms. The highest BCUT2D eigenvalue weighted by molar-refractivity contribution is 6.44. The van der Waals surface area contributed by atoms with E-state index in [0.29, 0.717) is 12.8 Å². The maximum absolute atomic E-state index is 12.1. The molecule has 116 valence electrons. The van der Waals surface area contributed by atoms with Crippen LogP contribution in [0.5, 0.6) is 0 Å². The number of aliphatic hydroxyl groups excluding tert-OH is 1. The van der Waals surface area contributed by atoms with Gasteiger partial charge in [-0.05, 0) is 18.4 Å². The molecule has 1 fully saturated rings. The first-order valence-corrected chi connectivity index (χ1v) is 7.50. The molecule has 1 aliphatic heterocycles. The van der Waals surface area contributed by atoms with E-state index in [0.717, 1.165) is 5.56 Å². The summed E-state index contributed by atoms with van der Waals surface area (Å²) in [4.78, 5) is 12.9. The number of alkyl halides is 2. The second-order valence-corrected chi connectivity index (χ2v) is 6.01. The Morgan fingerprint density at radius 3 is 2.81 bits per heavy atom. The van der Waals surface area contributed by atoms with E-state index in [4.69, 9.17) is 32.7 Å². The molecule has 1 saturated heterocycles. The molecule has 0 aromatic heterocycles. The zero-order valence-corrected chi connectivity index (χ0v) is 12.8. The van der Waals surface area contributed by atoms with Crippen LogP contribution < -0.4 is 0 Å². The summed E-state index contributed by atoms with van der Waals surface area (Å²) in [5, 5.41) is 9.75. The number of carbonyl (C=O) groups is 1. The lowest BCUT2D eigenvalue weighted by Gasteiger charge is -2.23. The molecule has 1 aromatic rings. The second-order valence-electron chi connectivity index (χ2n) is 4.73. The van der Waals surface area contributed by atoms with E-state index in [1.54, 1.807) is 0 Å². The van der Waals surface area contributed by atoms with Crippen LogP contribution in [0.15, 0.2) is 30.3 Å². The summed E-state index contributed by atoms with van der Waals surface area (Å²) in [6.45, 7) is 0.168. The summed E-state index contributed by atoms with van der Waals surface area (Å²) in [5.74, 6) is 0. The Hall–Kier alpha value is -1.01. The maximum Gasteiger partial charge on any atom is 0.412 e. The molecule has 2 atom stereocenters. The van der Waals surface area contributed by atoms with Crippen molar-refractivity contribution in [3.63, 3.8) is 0 Å². The topological polar surface area (TPSA) is 59.0 Å². The number of ether oxygens (including phenoxy) is 2. The highest BCUT2D eigenvalue weighted by atomic mass is 35.5. The molecular formula is C14H17Cl2NO4. The average Bonchev–Trinajstić information content (AvgIpc) is 2.85. The minimum atomic E-state index is -1.04. The van der Waals surface area contributed by atoms with Gasteiger partial charge in [0, 0.05) is 0 Å². The molecule has 1 N–H and O–H groups in total. The van der Waals surface area contributed by atoms with Crippen LogP contribution in [0.2, 0.25) is 0 Å². The minimum Gasteiger partial charge on any atom is -0.444 e. The van der Waals surface area contributed by atoms with Gasteiger partial charge < -0.3 is 14.6 Å². The van der Waals surface area contributed by atoms with Gasteiger partial charge in [0.25, 0.3) is 0 Å². The second kappa shape index (κ2) is 7.84. The van der Waals surface area contributed by atoms with Crippen LogP contribution in [-0.4, -0.2) is 40.0 Å². The summed E-state index contributed by atoms with van der Waals surface area (Å²) < 4.78 is 10.3. The number of halogens is 2. The first-order chi connectivity index (χ1) is 10.1. The van der Waals surface area contributed by atoms with E-state index < -0.39 is 23.3 Å².